The first-order valence-corrected chi connectivity index (χ1v) is 8.20. The Balaban J connectivity index is 1.98. The summed E-state index contributed by atoms with van der Waals surface area (Å²) in [5, 5.41) is 8.82. The van der Waals surface area contributed by atoms with Crippen LogP contribution in [-0.2, 0) is 21.3 Å². The van der Waals surface area contributed by atoms with E-state index < -0.39 is 16.8 Å². The van der Waals surface area contributed by atoms with Crippen molar-refractivity contribution in [2.75, 3.05) is 5.75 Å². The second kappa shape index (κ2) is 5.71. The lowest BCUT2D eigenvalue weighted by atomic mass is 10.1. The molecule has 1 saturated carbocycles. The Labute approximate surface area is 121 Å². The van der Waals surface area contributed by atoms with E-state index in [4.69, 9.17) is 5.11 Å². The zero-order valence-corrected chi connectivity index (χ0v) is 12.6. The molecule has 1 atom stereocenters. The summed E-state index contributed by atoms with van der Waals surface area (Å²) >= 11 is 3.14. The molecule has 19 heavy (non-hydrogen) atoms. The van der Waals surface area contributed by atoms with Gasteiger partial charge in [0, 0.05) is 22.3 Å². The molecule has 2 rings (SSSR count). The maximum atomic E-state index is 13.3. The van der Waals surface area contributed by atoms with Crippen LogP contribution in [0.2, 0.25) is 0 Å². The Morgan fingerprint density at radius 2 is 2.16 bits per heavy atom. The van der Waals surface area contributed by atoms with Gasteiger partial charge in [0.2, 0.25) is 0 Å². The largest absolute Gasteiger partial charge is 0.481 e. The van der Waals surface area contributed by atoms with Gasteiger partial charge in [-0.3, -0.25) is 9.00 Å². The number of halogens is 2. The van der Waals surface area contributed by atoms with Crippen molar-refractivity contribution in [3.8, 4) is 0 Å². The Morgan fingerprint density at radius 3 is 2.74 bits per heavy atom. The number of carboxylic acids is 1. The van der Waals surface area contributed by atoms with Crippen LogP contribution < -0.4 is 0 Å². The number of hydrogen-bond donors (Lipinski definition) is 1. The fraction of sp³-hybridized carbons (Fsp3) is 0.462. The van der Waals surface area contributed by atoms with Gasteiger partial charge in [-0.25, -0.2) is 4.39 Å². The molecule has 1 aliphatic rings. The second-order valence-electron chi connectivity index (χ2n) is 5.01. The maximum absolute atomic E-state index is 13.3. The number of rotatable bonds is 6. The molecule has 0 radical (unpaired) electrons. The number of carbonyl (C=O) groups is 1. The molecule has 0 spiro atoms. The molecule has 1 fully saturated rings. The highest BCUT2D eigenvalue weighted by Crippen LogP contribution is 2.49. The lowest BCUT2D eigenvalue weighted by Crippen LogP contribution is -2.17. The average Bonchev–Trinajstić information content (AvgIpc) is 3.03. The Bertz CT molecular complexity index is 529. The van der Waals surface area contributed by atoms with Crippen LogP contribution in [-0.4, -0.2) is 21.0 Å². The third-order valence-corrected chi connectivity index (χ3v) is 5.75. The highest BCUT2D eigenvalue weighted by Gasteiger charge is 2.45. The normalized spacial score (nSPS) is 18.0. The van der Waals surface area contributed by atoms with Gasteiger partial charge >= 0.3 is 5.97 Å². The SMILES string of the molecule is O=C(O)CC1(CS(=O)Cc2cccc(F)c2Br)CC1. The summed E-state index contributed by atoms with van der Waals surface area (Å²) in [6.45, 7) is 0. The van der Waals surface area contributed by atoms with E-state index in [-0.39, 0.29) is 23.4 Å². The lowest BCUT2D eigenvalue weighted by molar-refractivity contribution is -0.138. The number of aliphatic carboxylic acids is 1. The molecule has 0 aliphatic heterocycles. The van der Waals surface area contributed by atoms with Gasteiger partial charge in [-0.1, -0.05) is 12.1 Å². The number of benzene rings is 1. The van der Waals surface area contributed by atoms with Crippen LogP contribution in [0.3, 0.4) is 0 Å². The Hall–Kier alpha value is -0.750. The van der Waals surface area contributed by atoms with Crippen molar-refractivity contribution in [2.45, 2.75) is 25.0 Å². The predicted octanol–water partition coefficient (Wildman–Crippen LogP) is 3.09. The predicted molar refractivity (Wildman–Crippen MR) is 74.7 cm³/mol. The van der Waals surface area contributed by atoms with Crippen molar-refractivity contribution in [3.05, 3.63) is 34.1 Å². The van der Waals surface area contributed by atoms with E-state index in [1.54, 1.807) is 12.1 Å². The van der Waals surface area contributed by atoms with Crippen LogP contribution >= 0.6 is 15.9 Å². The monoisotopic (exact) mass is 348 g/mol. The van der Waals surface area contributed by atoms with Gasteiger partial charge in [-0.2, -0.15) is 0 Å². The topological polar surface area (TPSA) is 54.4 Å². The molecule has 0 saturated heterocycles. The molecule has 0 aromatic heterocycles. The summed E-state index contributed by atoms with van der Waals surface area (Å²) in [4.78, 5) is 10.7. The van der Waals surface area contributed by atoms with Crippen LogP contribution in [0, 0.1) is 11.2 Å². The number of hydrogen-bond acceptors (Lipinski definition) is 2. The molecular weight excluding hydrogens is 335 g/mol. The van der Waals surface area contributed by atoms with Gasteiger partial charge in [0.15, 0.2) is 0 Å². The Kier molecular flexibility index (Phi) is 4.40. The molecule has 0 bridgehead atoms. The van der Waals surface area contributed by atoms with Crippen LogP contribution in [0.4, 0.5) is 4.39 Å². The minimum absolute atomic E-state index is 0.0725. The van der Waals surface area contributed by atoms with Crippen molar-refractivity contribution in [3.63, 3.8) is 0 Å². The van der Waals surface area contributed by atoms with Crippen LogP contribution in [0.25, 0.3) is 0 Å². The van der Waals surface area contributed by atoms with Crippen molar-refractivity contribution < 1.29 is 18.5 Å². The first-order chi connectivity index (χ1) is 8.92. The van der Waals surface area contributed by atoms with Crippen molar-refractivity contribution >= 4 is 32.7 Å². The molecule has 104 valence electrons. The van der Waals surface area contributed by atoms with Crippen LogP contribution in [0.1, 0.15) is 24.8 Å². The average molecular weight is 349 g/mol. The quantitative estimate of drug-likeness (QED) is 0.859. The minimum Gasteiger partial charge on any atom is -0.481 e. The van der Waals surface area contributed by atoms with Gasteiger partial charge in [0.1, 0.15) is 5.82 Å². The third kappa shape index (κ3) is 3.86. The molecule has 1 N–H and O–H groups in total. The fourth-order valence-electron chi connectivity index (χ4n) is 2.10. The van der Waals surface area contributed by atoms with E-state index in [2.05, 4.69) is 15.9 Å². The molecule has 1 unspecified atom stereocenters. The lowest BCUT2D eigenvalue weighted by Gasteiger charge is -2.12. The van der Waals surface area contributed by atoms with Gasteiger partial charge < -0.3 is 5.11 Å². The molecular formula is C13H14BrFO3S. The second-order valence-corrected chi connectivity index (χ2v) is 7.26. The van der Waals surface area contributed by atoms with E-state index in [1.165, 1.54) is 6.07 Å². The minimum atomic E-state index is -1.17. The molecule has 0 amide bonds. The summed E-state index contributed by atoms with van der Waals surface area (Å²) < 4.78 is 25.8. The molecule has 0 heterocycles. The third-order valence-electron chi connectivity index (χ3n) is 3.30. The summed E-state index contributed by atoms with van der Waals surface area (Å²) in [7, 11) is -1.17. The standard InChI is InChI=1S/C13H14BrFO3S/c14-12-9(2-1-3-10(12)15)7-19(18)8-13(4-5-13)6-11(16)17/h1-3H,4-8H2,(H,16,17). The molecule has 1 aromatic rings. The highest BCUT2D eigenvalue weighted by molar-refractivity contribution is 9.10. The van der Waals surface area contributed by atoms with Crippen molar-refractivity contribution in [2.24, 2.45) is 5.41 Å². The van der Waals surface area contributed by atoms with Crippen LogP contribution in [0.15, 0.2) is 22.7 Å². The fourth-order valence-corrected chi connectivity index (χ4v) is 4.45. The van der Waals surface area contributed by atoms with E-state index >= 15 is 0 Å². The maximum Gasteiger partial charge on any atom is 0.303 e. The van der Waals surface area contributed by atoms with Gasteiger partial charge in [-0.15, -0.1) is 0 Å². The number of carboxylic acid groups (broad SMARTS) is 1. The van der Waals surface area contributed by atoms with Crippen LogP contribution in [0.5, 0.6) is 0 Å². The smallest absolute Gasteiger partial charge is 0.303 e. The van der Waals surface area contributed by atoms with Crippen molar-refractivity contribution in [1.29, 1.82) is 0 Å². The zero-order valence-electron chi connectivity index (χ0n) is 10.2. The zero-order chi connectivity index (χ0) is 14.0. The first-order valence-electron chi connectivity index (χ1n) is 5.92. The summed E-state index contributed by atoms with van der Waals surface area (Å²) in [6.07, 6.45) is 1.70. The highest BCUT2D eigenvalue weighted by atomic mass is 79.9. The first kappa shape index (κ1) is 14.7. The van der Waals surface area contributed by atoms with Gasteiger partial charge in [0.05, 0.1) is 10.9 Å². The molecule has 1 aromatic carbocycles. The van der Waals surface area contributed by atoms with Gasteiger partial charge in [-0.05, 0) is 45.8 Å². The van der Waals surface area contributed by atoms with Crippen molar-refractivity contribution in [1.82, 2.24) is 0 Å². The summed E-state index contributed by atoms with van der Waals surface area (Å²) in [6, 6.07) is 4.64. The molecule has 3 nitrogen and oxygen atoms in total. The summed E-state index contributed by atoms with van der Waals surface area (Å²) in [5.74, 6) is -0.593. The van der Waals surface area contributed by atoms with E-state index in [9.17, 15) is 13.4 Å². The van der Waals surface area contributed by atoms with E-state index in [1.807, 2.05) is 0 Å². The Morgan fingerprint density at radius 1 is 1.47 bits per heavy atom. The van der Waals surface area contributed by atoms with E-state index in [0.29, 0.717) is 15.8 Å². The molecule has 1 aliphatic carbocycles. The van der Waals surface area contributed by atoms with E-state index in [0.717, 1.165) is 12.8 Å². The van der Waals surface area contributed by atoms with Gasteiger partial charge in [0.25, 0.3) is 0 Å². The molecule has 6 heteroatoms. The summed E-state index contributed by atoms with van der Waals surface area (Å²) in [5.41, 5.74) is 0.362.